The molecular weight excluding hydrogens is 321 g/mol. The summed E-state index contributed by atoms with van der Waals surface area (Å²) in [4.78, 5) is 12.2. The van der Waals surface area contributed by atoms with Crippen molar-refractivity contribution < 1.29 is 18.0 Å². The number of anilines is 1. The molecule has 0 saturated heterocycles. The summed E-state index contributed by atoms with van der Waals surface area (Å²) >= 11 is 0. The second-order valence-electron chi connectivity index (χ2n) is 5.26. The molecule has 124 valence electrons. The highest BCUT2D eigenvalue weighted by atomic mass is 19.4. The van der Waals surface area contributed by atoms with Crippen molar-refractivity contribution in [2.45, 2.75) is 12.2 Å². The second-order valence-corrected chi connectivity index (χ2v) is 5.26. The molecule has 1 atom stereocenters. The highest BCUT2D eigenvalue weighted by Gasteiger charge is 2.31. The van der Waals surface area contributed by atoms with Gasteiger partial charge in [-0.25, -0.2) is 0 Å². The van der Waals surface area contributed by atoms with Crippen molar-refractivity contribution in [1.82, 2.24) is 10.2 Å². The Morgan fingerprint density at radius 2 is 2.00 bits per heavy atom. The number of benzene rings is 2. The van der Waals surface area contributed by atoms with Gasteiger partial charge in [0.1, 0.15) is 6.04 Å². The topological polar surface area (TPSA) is 83.8 Å². The lowest BCUT2D eigenvalue weighted by Crippen LogP contribution is -2.28. The Balaban J connectivity index is 1.79. The van der Waals surface area contributed by atoms with Gasteiger partial charge in [-0.15, -0.1) is 0 Å². The fourth-order valence-electron chi connectivity index (χ4n) is 2.30. The van der Waals surface area contributed by atoms with Gasteiger partial charge in [0, 0.05) is 11.1 Å². The summed E-state index contributed by atoms with van der Waals surface area (Å²) in [7, 11) is 0. The predicted molar refractivity (Wildman–Crippen MR) is 83.1 cm³/mol. The van der Waals surface area contributed by atoms with E-state index in [4.69, 9.17) is 5.73 Å². The summed E-state index contributed by atoms with van der Waals surface area (Å²) in [5.74, 6) is -0.600. The molecule has 0 saturated carbocycles. The van der Waals surface area contributed by atoms with Gasteiger partial charge in [0.15, 0.2) is 0 Å². The van der Waals surface area contributed by atoms with Crippen molar-refractivity contribution in [2.24, 2.45) is 5.73 Å². The molecule has 1 amide bonds. The van der Waals surface area contributed by atoms with Crippen LogP contribution in [0.15, 0.2) is 48.7 Å². The Kier molecular flexibility index (Phi) is 3.98. The lowest BCUT2D eigenvalue weighted by Gasteiger charge is -2.15. The van der Waals surface area contributed by atoms with Gasteiger partial charge < -0.3 is 11.1 Å². The van der Waals surface area contributed by atoms with Crippen molar-refractivity contribution in [3.63, 3.8) is 0 Å². The lowest BCUT2D eigenvalue weighted by molar-refractivity contribution is -0.137. The van der Waals surface area contributed by atoms with Gasteiger partial charge in [0.25, 0.3) is 0 Å². The van der Waals surface area contributed by atoms with Crippen molar-refractivity contribution in [1.29, 1.82) is 0 Å². The number of aromatic nitrogens is 2. The van der Waals surface area contributed by atoms with Crippen LogP contribution in [0.3, 0.4) is 0 Å². The van der Waals surface area contributed by atoms with E-state index in [1.54, 1.807) is 24.4 Å². The summed E-state index contributed by atoms with van der Waals surface area (Å²) in [5, 5.41) is 10.0. The molecule has 0 fully saturated rings. The first kappa shape index (κ1) is 16.0. The van der Waals surface area contributed by atoms with Crippen LogP contribution in [-0.2, 0) is 11.0 Å². The fourth-order valence-corrected chi connectivity index (χ4v) is 2.30. The molecule has 24 heavy (non-hydrogen) atoms. The molecule has 0 spiro atoms. The molecule has 3 rings (SSSR count). The molecule has 8 heteroatoms. The standard InChI is InChI=1S/C16H13F3N4O/c17-16(18,19)11-3-1-2-9(6-11)14(20)15(24)22-12-4-5-13-10(7-12)8-21-23-13/h1-8,14H,20H2,(H,21,23)(H,22,24). The number of hydrogen-bond donors (Lipinski definition) is 3. The third-order valence-electron chi connectivity index (χ3n) is 3.56. The zero-order valence-electron chi connectivity index (χ0n) is 12.3. The number of carbonyl (C=O) groups is 1. The minimum absolute atomic E-state index is 0.0896. The Morgan fingerprint density at radius 3 is 2.75 bits per heavy atom. The average Bonchev–Trinajstić information content (AvgIpc) is 3.01. The molecular formula is C16H13F3N4O. The van der Waals surface area contributed by atoms with Crippen LogP contribution in [0.25, 0.3) is 10.9 Å². The highest BCUT2D eigenvalue weighted by molar-refractivity contribution is 5.97. The normalized spacial score (nSPS) is 13.0. The number of carbonyl (C=O) groups excluding carboxylic acids is 1. The average molecular weight is 334 g/mol. The molecule has 0 radical (unpaired) electrons. The summed E-state index contributed by atoms with van der Waals surface area (Å²) in [5.41, 5.74) is 6.32. The van der Waals surface area contributed by atoms with Gasteiger partial charge in [0.2, 0.25) is 5.91 Å². The quantitative estimate of drug-likeness (QED) is 0.688. The highest BCUT2D eigenvalue weighted by Crippen LogP contribution is 2.30. The fraction of sp³-hybridized carbons (Fsp3) is 0.125. The van der Waals surface area contributed by atoms with Gasteiger partial charge in [-0.2, -0.15) is 18.3 Å². The first-order valence-electron chi connectivity index (χ1n) is 7.01. The summed E-state index contributed by atoms with van der Waals surface area (Å²) in [6, 6.07) is 8.28. The number of hydrogen-bond acceptors (Lipinski definition) is 3. The molecule has 5 nitrogen and oxygen atoms in total. The second kappa shape index (κ2) is 5.97. The summed E-state index contributed by atoms with van der Waals surface area (Å²) in [6.45, 7) is 0. The van der Waals surface area contributed by atoms with Crippen LogP contribution in [0.2, 0.25) is 0 Å². The van der Waals surface area contributed by atoms with Crippen LogP contribution in [0.1, 0.15) is 17.2 Å². The number of nitrogens with two attached hydrogens (primary N) is 1. The third kappa shape index (κ3) is 3.23. The molecule has 2 aromatic carbocycles. The first-order valence-corrected chi connectivity index (χ1v) is 7.01. The summed E-state index contributed by atoms with van der Waals surface area (Å²) < 4.78 is 38.2. The number of rotatable bonds is 3. The Hall–Kier alpha value is -2.87. The maximum Gasteiger partial charge on any atom is 0.416 e. The van der Waals surface area contributed by atoms with Gasteiger partial charge in [-0.3, -0.25) is 9.89 Å². The first-order chi connectivity index (χ1) is 11.3. The SMILES string of the molecule is NC(C(=O)Nc1ccc2[nH]ncc2c1)c1cccc(C(F)(F)F)c1. The number of aromatic amines is 1. The molecule has 3 aromatic rings. The van der Waals surface area contributed by atoms with Crippen LogP contribution >= 0.6 is 0 Å². The number of nitrogens with zero attached hydrogens (tertiary/aromatic N) is 1. The van der Waals surface area contributed by atoms with Crippen LogP contribution < -0.4 is 11.1 Å². The molecule has 0 aliphatic carbocycles. The smallest absolute Gasteiger partial charge is 0.324 e. The van der Waals surface area contributed by atoms with E-state index in [1.165, 1.54) is 12.1 Å². The van der Waals surface area contributed by atoms with E-state index in [0.29, 0.717) is 5.69 Å². The number of nitrogens with one attached hydrogen (secondary N) is 2. The van der Waals surface area contributed by atoms with Crippen molar-refractivity contribution in [3.05, 3.63) is 59.8 Å². The van der Waals surface area contributed by atoms with Crippen LogP contribution in [0.4, 0.5) is 18.9 Å². The number of alkyl halides is 3. The Morgan fingerprint density at radius 1 is 1.21 bits per heavy atom. The van der Waals surface area contributed by atoms with E-state index in [2.05, 4.69) is 15.5 Å². The number of amides is 1. The van der Waals surface area contributed by atoms with E-state index in [9.17, 15) is 18.0 Å². The van der Waals surface area contributed by atoms with Crippen LogP contribution in [0, 0.1) is 0 Å². The molecule has 1 aromatic heterocycles. The van der Waals surface area contributed by atoms with E-state index in [1.807, 2.05) is 0 Å². The predicted octanol–water partition coefficient (Wildman–Crippen LogP) is 3.22. The van der Waals surface area contributed by atoms with Crippen LogP contribution in [0.5, 0.6) is 0 Å². The van der Waals surface area contributed by atoms with Gasteiger partial charge in [-0.05, 0) is 35.9 Å². The maximum atomic E-state index is 12.7. The van der Waals surface area contributed by atoms with E-state index < -0.39 is 23.7 Å². The van der Waals surface area contributed by atoms with Gasteiger partial charge in [-0.1, -0.05) is 12.1 Å². The van der Waals surface area contributed by atoms with Crippen molar-refractivity contribution in [2.75, 3.05) is 5.32 Å². The summed E-state index contributed by atoms with van der Waals surface area (Å²) in [6.07, 6.45) is -2.89. The molecule has 1 heterocycles. The minimum atomic E-state index is -4.49. The van der Waals surface area contributed by atoms with Crippen molar-refractivity contribution in [3.8, 4) is 0 Å². The third-order valence-corrected chi connectivity index (χ3v) is 3.56. The number of H-pyrrole nitrogens is 1. The van der Waals surface area contributed by atoms with E-state index in [0.717, 1.165) is 23.0 Å². The van der Waals surface area contributed by atoms with E-state index >= 15 is 0 Å². The molecule has 0 aliphatic rings. The zero-order valence-corrected chi connectivity index (χ0v) is 12.3. The number of halogens is 3. The minimum Gasteiger partial charge on any atom is -0.324 e. The maximum absolute atomic E-state index is 12.7. The molecule has 0 bridgehead atoms. The van der Waals surface area contributed by atoms with Crippen LogP contribution in [-0.4, -0.2) is 16.1 Å². The van der Waals surface area contributed by atoms with Gasteiger partial charge >= 0.3 is 6.18 Å². The lowest BCUT2D eigenvalue weighted by atomic mass is 10.0. The molecule has 0 aliphatic heterocycles. The zero-order chi connectivity index (χ0) is 17.3. The monoisotopic (exact) mass is 334 g/mol. The Bertz CT molecular complexity index is 888. The van der Waals surface area contributed by atoms with E-state index in [-0.39, 0.29) is 5.56 Å². The largest absolute Gasteiger partial charge is 0.416 e. The Labute approximate surface area is 134 Å². The molecule has 1 unspecified atom stereocenters. The number of fused-ring (bicyclic) bond motifs is 1. The molecule has 4 N–H and O–H groups in total. The van der Waals surface area contributed by atoms with Gasteiger partial charge in [0.05, 0.1) is 17.3 Å². The van der Waals surface area contributed by atoms with Crippen molar-refractivity contribution >= 4 is 22.5 Å².